The van der Waals surface area contributed by atoms with Gasteiger partial charge in [-0.15, -0.1) is 0 Å². The van der Waals surface area contributed by atoms with E-state index in [4.69, 9.17) is 0 Å². The molecule has 6 nitrogen and oxygen atoms in total. The van der Waals surface area contributed by atoms with Gasteiger partial charge in [-0.3, -0.25) is 9.59 Å². The fourth-order valence-electron chi connectivity index (χ4n) is 5.97. The van der Waals surface area contributed by atoms with Crippen LogP contribution in [0.25, 0.3) is 0 Å². The number of carbonyl (C=O) groups excluding carboxylic acids is 1. The van der Waals surface area contributed by atoms with E-state index >= 15 is 0 Å². The molecule has 3 N–H and O–H groups in total. The lowest BCUT2D eigenvalue weighted by atomic mass is 10.0. The average molecular weight is 539 g/mol. The number of hydrogen-bond donors (Lipinski definition) is 3. The Labute approximate surface area is 217 Å². The highest BCUT2D eigenvalue weighted by molar-refractivity contribution is 5.99. The molecule has 4 atom stereocenters. The molecule has 2 aliphatic carbocycles. The molecule has 2 saturated carbocycles. The van der Waals surface area contributed by atoms with Crippen LogP contribution in [-0.4, -0.2) is 36.0 Å². The van der Waals surface area contributed by atoms with Gasteiger partial charge in [-0.2, -0.15) is 0 Å². The lowest BCUT2D eigenvalue weighted by molar-refractivity contribution is 0.0648. The van der Waals surface area contributed by atoms with Crippen molar-refractivity contribution in [2.45, 2.75) is 69.5 Å². The Hall–Kier alpha value is -2.95. The molecule has 5 rings (SSSR count). The number of hydrogen-bond acceptors (Lipinski definition) is 4. The molecule has 206 valence electrons. The fourth-order valence-corrected chi connectivity index (χ4v) is 5.97. The Bertz CT molecular complexity index is 1260. The first-order chi connectivity index (χ1) is 18.1. The number of rotatable bonds is 8. The second-order valence-corrected chi connectivity index (χ2v) is 10.8. The zero-order valence-electron chi connectivity index (χ0n) is 21.0. The van der Waals surface area contributed by atoms with E-state index < -0.39 is 47.3 Å². The molecule has 1 aliphatic heterocycles. The lowest BCUT2D eigenvalue weighted by Gasteiger charge is -2.26. The van der Waals surface area contributed by atoms with Gasteiger partial charge in [0, 0.05) is 23.9 Å². The predicted octanol–water partition coefficient (Wildman–Crippen LogP) is 4.97. The molecule has 1 saturated heterocycles. The number of amides is 1. The van der Waals surface area contributed by atoms with Gasteiger partial charge < -0.3 is 20.5 Å². The molecule has 3 aliphatic rings. The minimum absolute atomic E-state index is 0.0165. The van der Waals surface area contributed by atoms with Crippen LogP contribution in [0.1, 0.15) is 73.0 Å². The van der Waals surface area contributed by atoms with Gasteiger partial charge >= 0.3 is 0 Å². The fraction of sp³-hybridized carbons (Fsp3) is 0.556. The van der Waals surface area contributed by atoms with Crippen LogP contribution in [0.15, 0.2) is 35.3 Å². The molecule has 11 heteroatoms. The molecule has 0 spiro atoms. The van der Waals surface area contributed by atoms with Gasteiger partial charge in [-0.05, 0) is 64.0 Å². The third kappa shape index (κ3) is 4.92. The van der Waals surface area contributed by atoms with Crippen molar-refractivity contribution < 1.29 is 26.7 Å². The number of halogens is 5. The number of alkyl halides is 4. The summed E-state index contributed by atoms with van der Waals surface area (Å²) < 4.78 is 69.8. The zero-order chi connectivity index (χ0) is 27.2. The summed E-state index contributed by atoms with van der Waals surface area (Å²) in [5.74, 6) is -1.06. The molecule has 1 aromatic heterocycles. The number of carbonyl (C=O) groups is 1. The second kappa shape index (κ2) is 10.3. The first-order valence-electron chi connectivity index (χ1n) is 13.0. The topological polar surface area (TPSA) is 75.2 Å². The predicted molar refractivity (Wildman–Crippen MR) is 132 cm³/mol. The van der Waals surface area contributed by atoms with E-state index in [0.717, 1.165) is 49.2 Å². The van der Waals surface area contributed by atoms with Crippen LogP contribution in [0.5, 0.6) is 0 Å². The summed E-state index contributed by atoms with van der Waals surface area (Å²) in [6.07, 6.45) is -1.54. The highest BCUT2D eigenvalue weighted by atomic mass is 19.3. The van der Waals surface area contributed by atoms with Crippen molar-refractivity contribution in [1.29, 1.82) is 0 Å². The van der Waals surface area contributed by atoms with Crippen LogP contribution in [0, 0.1) is 17.7 Å². The van der Waals surface area contributed by atoms with Gasteiger partial charge in [-0.25, -0.2) is 22.0 Å². The number of nitrogens with zero attached hydrogens (tertiary/aromatic N) is 1. The summed E-state index contributed by atoms with van der Waals surface area (Å²) >= 11 is 0. The average Bonchev–Trinajstić information content (AvgIpc) is 3.62. The van der Waals surface area contributed by atoms with Gasteiger partial charge in [0.05, 0.1) is 22.9 Å². The van der Waals surface area contributed by atoms with Crippen molar-refractivity contribution in [3.05, 3.63) is 63.3 Å². The van der Waals surface area contributed by atoms with Crippen molar-refractivity contribution in [2.24, 2.45) is 11.8 Å². The van der Waals surface area contributed by atoms with Crippen LogP contribution < -0.4 is 21.5 Å². The summed E-state index contributed by atoms with van der Waals surface area (Å²) in [6, 6.07) is 3.73. The van der Waals surface area contributed by atoms with Crippen LogP contribution >= 0.6 is 0 Å². The van der Waals surface area contributed by atoms with Crippen LogP contribution in [0.3, 0.4) is 0 Å². The van der Waals surface area contributed by atoms with Gasteiger partial charge in [0.15, 0.2) is 0 Å². The molecule has 1 unspecified atom stereocenters. The summed E-state index contributed by atoms with van der Waals surface area (Å²) in [5.41, 5.74) is -3.00. The first kappa shape index (κ1) is 26.6. The minimum atomic E-state index is -3.02. The number of anilines is 1. The third-order valence-corrected chi connectivity index (χ3v) is 8.32. The Morgan fingerprint density at radius 1 is 1.16 bits per heavy atom. The van der Waals surface area contributed by atoms with E-state index in [0.29, 0.717) is 5.92 Å². The van der Waals surface area contributed by atoms with Crippen molar-refractivity contribution in [3.63, 3.8) is 0 Å². The Morgan fingerprint density at radius 2 is 1.89 bits per heavy atom. The van der Waals surface area contributed by atoms with Crippen molar-refractivity contribution in [2.75, 3.05) is 18.4 Å². The molecule has 1 amide bonds. The van der Waals surface area contributed by atoms with E-state index in [1.165, 1.54) is 25.1 Å². The maximum absolute atomic E-state index is 14.7. The monoisotopic (exact) mass is 538 g/mol. The molecular formula is C27H31F5N4O2. The third-order valence-electron chi connectivity index (χ3n) is 8.32. The highest BCUT2D eigenvalue weighted by Crippen LogP contribution is 2.48. The van der Waals surface area contributed by atoms with E-state index in [1.807, 2.05) is 0 Å². The summed E-state index contributed by atoms with van der Waals surface area (Å²) in [6.45, 7) is 3.18. The smallest absolute Gasteiger partial charge is 0.266 e. The summed E-state index contributed by atoms with van der Waals surface area (Å²) in [5, 5.41) is 9.34. The lowest BCUT2D eigenvalue weighted by Crippen LogP contribution is -2.39. The zero-order valence-corrected chi connectivity index (χ0v) is 21.0. The number of nitrogens with one attached hydrogen (secondary N) is 3. The normalized spacial score (nSPS) is 24.8. The Kier molecular flexibility index (Phi) is 7.23. The standard InChI is InChI=1S/C27H31F5N4O2/c1-14(17-3-2-4-18(23(17)28)24(29)30)34-25(38)19-13-36(27(6-7-27)26(31)32)22(37)11-21(19)35-20-10-15-5-8-33-12-16(20)9-15/h2-4,11,13-16,20,24,26,33,35H,5-10,12H2,1H3,(H,34,38)/t14-,15?,16-,20+/m1/s1. The van der Waals surface area contributed by atoms with Crippen molar-refractivity contribution in [1.82, 2.24) is 15.2 Å². The number of pyridine rings is 1. The Morgan fingerprint density at radius 3 is 2.58 bits per heavy atom. The van der Waals surface area contributed by atoms with Crippen LogP contribution in [0.2, 0.25) is 0 Å². The number of benzene rings is 1. The van der Waals surface area contributed by atoms with E-state index in [2.05, 4.69) is 16.0 Å². The largest absolute Gasteiger partial charge is 0.381 e. The molecular weight excluding hydrogens is 507 g/mol. The van der Waals surface area contributed by atoms with Gasteiger partial charge in [-0.1, -0.05) is 18.2 Å². The number of fused-ring (bicyclic) bond motifs is 2. The molecule has 0 radical (unpaired) electrons. The SMILES string of the molecule is C[C@@H](NC(=O)c1cn(C2(C(F)F)CC2)c(=O)cc1N[C@H]1CC2CCNC[C@H]1C2)c1cccc(C(F)F)c1F. The molecule has 3 fully saturated rings. The second-order valence-electron chi connectivity index (χ2n) is 10.8. The molecule has 2 aromatic rings. The van der Waals surface area contributed by atoms with Crippen LogP contribution in [0.4, 0.5) is 27.6 Å². The van der Waals surface area contributed by atoms with Crippen molar-refractivity contribution in [3.8, 4) is 0 Å². The van der Waals surface area contributed by atoms with Gasteiger partial charge in [0.25, 0.3) is 24.3 Å². The van der Waals surface area contributed by atoms with E-state index in [-0.39, 0.29) is 41.6 Å². The molecule has 38 heavy (non-hydrogen) atoms. The van der Waals surface area contributed by atoms with Gasteiger partial charge in [0.1, 0.15) is 11.4 Å². The Balaban J connectivity index is 1.47. The van der Waals surface area contributed by atoms with Crippen LogP contribution in [-0.2, 0) is 5.54 Å². The summed E-state index contributed by atoms with van der Waals surface area (Å²) in [4.78, 5) is 26.5. The maximum atomic E-state index is 14.7. The molecule has 2 bridgehead atoms. The molecule has 1 aromatic carbocycles. The summed E-state index contributed by atoms with van der Waals surface area (Å²) in [7, 11) is 0. The van der Waals surface area contributed by atoms with E-state index in [1.54, 1.807) is 0 Å². The molecule has 2 heterocycles. The maximum Gasteiger partial charge on any atom is 0.266 e. The van der Waals surface area contributed by atoms with Gasteiger partial charge in [0.2, 0.25) is 0 Å². The highest BCUT2D eigenvalue weighted by Gasteiger charge is 2.53. The van der Waals surface area contributed by atoms with Crippen molar-refractivity contribution >= 4 is 11.6 Å². The quantitative estimate of drug-likeness (QED) is 0.415. The van der Waals surface area contributed by atoms with E-state index in [9.17, 15) is 31.5 Å². The number of aromatic nitrogens is 1. The minimum Gasteiger partial charge on any atom is -0.381 e. The first-order valence-corrected chi connectivity index (χ1v) is 13.0.